The molecular weight excluding hydrogens is 431 g/mol. The molecule has 1 aromatic heterocycles. The summed E-state index contributed by atoms with van der Waals surface area (Å²) in [6.07, 6.45) is 0.523. The summed E-state index contributed by atoms with van der Waals surface area (Å²) in [5.74, 6) is -0.565. The molecular formula is C24H27FN2O4S. The summed E-state index contributed by atoms with van der Waals surface area (Å²) in [6.45, 7) is 7.33. The van der Waals surface area contributed by atoms with Crippen LogP contribution in [0.2, 0.25) is 0 Å². The Bertz CT molecular complexity index is 1250. The van der Waals surface area contributed by atoms with E-state index in [-0.39, 0.29) is 18.1 Å². The number of sulfone groups is 1. The Morgan fingerprint density at radius 2 is 1.78 bits per heavy atom. The van der Waals surface area contributed by atoms with Crippen LogP contribution in [0.15, 0.2) is 48.5 Å². The Hall–Kier alpha value is -3.00. The van der Waals surface area contributed by atoms with Crippen molar-refractivity contribution >= 4 is 32.7 Å². The Morgan fingerprint density at radius 1 is 1.12 bits per heavy atom. The molecule has 0 unspecified atom stereocenters. The number of carbonyl (C=O) groups is 1. The lowest BCUT2D eigenvalue weighted by Gasteiger charge is -2.28. The maximum absolute atomic E-state index is 14.2. The average molecular weight is 459 g/mol. The maximum atomic E-state index is 14.2. The SMILES string of the molecule is CCN(C(=O)OC(C)(C)C)c1nc2ccc(F)cc2c(CS(C)(=O)=O)c1-c1ccccc1. The molecule has 8 heteroatoms. The number of benzene rings is 2. The number of fused-ring (bicyclic) bond motifs is 1. The van der Waals surface area contributed by atoms with Crippen LogP contribution in [0.25, 0.3) is 22.0 Å². The molecule has 0 aliphatic carbocycles. The number of aromatic nitrogens is 1. The van der Waals surface area contributed by atoms with Crippen molar-refractivity contribution in [3.63, 3.8) is 0 Å². The van der Waals surface area contributed by atoms with E-state index in [1.54, 1.807) is 39.8 Å². The summed E-state index contributed by atoms with van der Waals surface area (Å²) < 4.78 is 44.5. The Labute approximate surface area is 188 Å². The van der Waals surface area contributed by atoms with Gasteiger partial charge in [0.1, 0.15) is 17.2 Å². The van der Waals surface area contributed by atoms with E-state index in [2.05, 4.69) is 4.98 Å². The lowest BCUT2D eigenvalue weighted by atomic mass is 9.97. The van der Waals surface area contributed by atoms with E-state index in [9.17, 15) is 17.6 Å². The zero-order chi connectivity index (χ0) is 23.7. The molecule has 3 rings (SSSR count). The van der Waals surface area contributed by atoms with Gasteiger partial charge in [-0.15, -0.1) is 0 Å². The third-order valence-electron chi connectivity index (χ3n) is 4.69. The number of anilines is 1. The standard InChI is InChI=1S/C24H27FN2O4S/c1-6-27(23(28)31-24(2,3)4)22-21(16-10-8-7-9-11-16)19(15-32(5,29)30)18-14-17(25)12-13-20(18)26-22/h7-14H,6,15H2,1-5H3. The first kappa shape index (κ1) is 23.7. The Balaban J connectivity index is 2.41. The minimum absolute atomic E-state index is 0.243. The molecule has 0 saturated heterocycles. The van der Waals surface area contributed by atoms with E-state index in [1.807, 2.05) is 18.2 Å². The number of hydrogen-bond acceptors (Lipinski definition) is 5. The van der Waals surface area contributed by atoms with Crippen molar-refractivity contribution in [2.75, 3.05) is 17.7 Å². The second-order valence-electron chi connectivity index (χ2n) is 8.61. The number of carbonyl (C=O) groups excluding carboxylic acids is 1. The highest BCUT2D eigenvalue weighted by Crippen LogP contribution is 2.38. The molecule has 3 aromatic rings. The van der Waals surface area contributed by atoms with Crippen molar-refractivity contribution in [3.05, 3.63) is 59.9 Å². The minimum atomic E-state index is -3.50. The van der Waals surface area contributed by atoms with Gasteiger partial charge in [-0.2, -0.15) is 0 Å². The fraction of sp³-hybridized carbons (Fsp3) is 0.333. The van der Waals surface area contributed by atoms with E-state index in [0.717, 1.165) is 6.26 Å². The smallest absolute Gasteiger partial charge is 0.416 e. The third kappa shape index (κ3) is 5.43. The number of amides is 1. The Kier molecular flexibility index (Phi) is 6.55. The predicted molar refractivity (Wildman–Crippen MR) is 125 cm³/mol. The highest BCUT2D eigenvalue weighted by Gasteiger charge is 2.29. The van der Waals surface area contributed by atoms with Gasteiger partial charge in [-0.1, -0.05) is 30.3 Å². The molecule has 0 saturated carbocycles. The molecule has 1 heterocycles. The van der Waals surface area contributed by atoms with Crippen LogP contribution in [0, 0.1) is 5.82 Å². The molecule has 0 fully saturated rings. The third-order valence-corrected chi connectivity index (χ3v) is 5.50. The van der Waals surface area contributed by atoms with Gasteiger partial charge in [0.2, 0.25) is 0 Å². The highest BCUT2D eigenvalue weighted by atomic mass is 32.2. The first-order valence-electron chi connectivity index (χ1n) is 10.3. The number of nitrogens with zero attached hydrogens (tertiary/aromatic N) is 2. The van der Waals surface area contributed by atoms with Crippen LogP contribution in [0.3, 0.4) is 0 Å². The monoisotopic (exact) mass is 458 g/mol. The number of pyridine rings is 1. The van der Waals surface area contributed by atoms with Crippen molar-refractivity contribution in [1.29, 1.82) is 0 Å². The molecule has 1 amide bonds. The quantitative estimate of drug-likeness (QED) is 0.515. The Morgan fingerprint density at radius 3 is 2.34 bits per heavy atom. The molecule has 0 aliphatic heterocycles. The van der Waals surface area contributed by atoms with Gasteiger partial charge < -0.3 is 4.74 Å². The predicted octanol–water partition coefficient (Wildman–Crippen LogP) is 5.35. The first-order valence-corrected chi connectivity index (χ1v) is 12.3. The van der Waals surface area contributed by atoms with Crippen molar-refractivity contribution in [2.24, 2.45) is 0 Å². The van der Waals surface area contributed by atoms with Gasteiger partial charge in [0.15, 0.2) is 9.84 Å². The van der Waals surface area contributed by atoms with Crippen LogP contribution in [0.1, 0.15) is 33.3 Å². The van der Waals surface area contributed by atoms with E-state index >= 15 is 0 Å². The molecule has 2 aromatic carbocycles. The van der Waals surface area contributed by atoms with Gasteiger partial charge in [0.25, 0.3) is 0 Å². The summed E-state index contributed by atoms with van der Waals surface area (Å²) in [7, 11) is -3.50. The molecule has 6 nitrogen and oxygen atoms in total. The minimum Gasteiger partial charge on any atom is -0.443 e. The second kappa shape index (κ2) is 8.86. The van der Waals surface area contributed by atoms with Crippen LogP contribution >= 0.6 is 0 Å². The lowest BCUT2D eigenvalue weighted by Crippen LogP contribution is -2.37. The lowest BCUT2D eigenvalue weighted by molar-refractivity contribution is 0.0581. The molecule has 0 atom stereocenters. The zero-order valence-electron chi connectivity index (χ0n) is 18.8. The summed E-state index contributed by atoms with van der Waals surface area (Å²) in [4.78, 5) is 19.1. The van der Waals surface area contributed by atoms with Crippen LogP contribution in [0.4, 0.5) is 15.0 Å². The van der Waals surface area contributed by atoms with Crippen LogP contribution in [0.5, 0.6) is 0 Å². The van der Waals surface area contributed by atoms with Gasteiger partial charge >= 0.3 is 6.09 Å². The molecule has 0 aliphatic rings. The number of rotatable bonds is 5. The van der Waals surface area contributed by atoms with Crippen LogP contribution in [-0.4, -0.2) is 37.9 Å². The zero-order valence-corrected chi connectivity index (χ0v) is 19.7. The van der Waals surface area contributed by atoms with E-state index in [0.29, 0.717) is 27.6 Å². The molecule has 0 spiro atoms. The summed E-state index contributed by atoms with van der Waals surface area (Å²) in [6, 6.07) is 13.1. The van der Waals surface area contributed by atoms with Crippen LogP contribution in [-0.2, 0) is 20.3 Å². The van der Waals surface area contributed by atoms with Crippen molar-refractivity contribution in [3.8, 4) is 11.1 Å². The second-order valence-corrected chi connectivity index (χ2v) is 10.8. The fourth-order valence-electron chi connectivity index (χ4n) is 3.49. The van der Waals surface area contributed by atoms with Gasteiger partial charge in [-0.05, 0) is 57.0 Å². The van der Waals surface area contributed by atoms with Gasteiger partial charge in [-0.3, -0.25) is 4.90 Å². The maximum Gasteiger partial charge on any atom is 0.416 e. The van der Waals surface area contributed by atoms with E-state index in [1.165, 1.54) is 23.1 Å². The fourth-order valence-corrected chi connectivity index (χ4v) is 4.31. The van der Waals surface area contributed by atoms with Crippen molar-refractivity contribution in [1.82, 2.24) is 4.98 Å². The molecule has 0 N–H and O–H groups in total. The van der Waals surface area contributed by atoms with Crippen molar-refractivity contribution < 1.29 is 22.3 Å². The van der Waals surface area contributed by atoms with Gasteiger partial charge in [-0.25, -0.2) is 22.6 Å². The number of halogens is 1. The molecule has 0 radical (unpaired) electrons. The van der Waals surface area contributed by atoms with E-state index < -0.39 is 27.3 Å². The summed E-state index contributed by atoms with van der Waals surface area (Å²) >= 11 is 0. The summed E-state index contributed by atoms with van der Waals surface area (Å²) in [5.41, 5.74) is 1.18. The van der Waals surface area contributed by atoms with Crippen molar-refractivity contribution in [2.45, 2.75) is 39.0 Å². The largest absolute Gasteiger partial charge is 0.443 e. The van der Waals surface area contributed by atoms with E-state index in [4.69, 9.17) is 4.74 Å². The topological polar surface area (TPSA) is 76.6 Å². The normalized spacial score (nSPS) is 12.1. The molecule has 0 bridgehead atoms. The molecule has 170 valence electrons. The van der Waals surface area contributed by atoms with Crippen LogP contribution < -0.4 is 4.90 Å². The molecule has 32 heavy (non-hydrogen) atoms. The van der Waals surface area contributed by atoms with Gasteiger partial charge in [0.05, 0.1) is 11.3 Å². The van der Waals surface area contributed by atoms with Gasteiger partial charge in [0, 0.05) is 23.8 Å². The summed E-state index contributed by atoms with van der Waals surface area (Å²) in [5, 5.41) is 0.387. The number of hydrogen-bond donors (Lipinski definition) is 0. The average Bonchev–Trinajstić information content (AvgIpc) is 2.67. The number of ether oxygens (including phenoxy) is 1. The first-order chi connectivity index (χ1) is 14.9. The highest BCUT2D eigenvalue weighted by molar-refractivity contribution is 7.89.